The number of para-hydroxylation sites is 1. The molecule has 1 fully saturated rings. The molecule has 29 heavy (non-hydrogen) atoms. The summed E-state index contributed by atoms with van der Waals surface area (Å²) in [5, 5.41) is 2.82. The van der Waals surface area contributed by atoms with E-state index in [-0.39, 0.29) is 17.6 Å². The number of rotatable bonds is 4. The van der Waals surface area contributed by atoms with Gasteiger partial charge in [-0.2, -0.15) is 0 Å². The number of ketones is 1. The van der Waals surface area contributed by atoms with Gasteiger partial charge in [0.15, 0.2) is 5.78 Å². The second-order valence-electron chi connectivity index (χ2n) is 7.22. The first-order valence-electron chi connectivity index (χ1n) is 9.91. The second kappa shape index (κ2) is 7.99. The van der Waals surface area contributed by atoms with E-state index in [0.717, 1.165) is 31.4 Å². The van der Waals surface area contributed by atoms with E-state index < -0.39 is 5.97 Å². The molecule has 6 heteroatoms. The topological polar surface area (TPSA) is 84.8 Å². The summed E-state index contributed by atoms with van der Waals surface area (Å²) < 4.78 is 4.96. The molecule has 0 aromatic heterocycles. The molecule has 148 valence electrons. The normalized spacial score (nSPS) is 17.6. The second-order valence-corrected chi connectivity index (χ2v) is 7.22. The number of nitrogens with one attached hydrogen (secondary N) is 1. The van der Waals surface area contributed by atoms with Gasteiger partial charge in [0.05, 0.1) is 29.3 Å². The van der Waals surface area contributed by atoms with Crippen LogP contribution in [0.1, 0.15) is 63.7 Å². The SMILES string of the molecule is CCOC(=O)c1ccc(NC(=O)c2cccc3c2N=C2CCCCC2C3=O)cc1. The van der Waals surface area contributed by atoms with Gasteiger partial charge in [-0.15, -0.1) is 0 Å². The molecule has 1 aliphatic carbocycles. The third-order valence-corrected chi connectivity index (χ3v) is 5.35. The largest absolute Gasteiger partial charge is 0.462 e. The predicted octanol–water partition coefficient (Wildman–Crippen LogP) is 4.57. The minimum Gasteiger partial charge on any atom is -0.462 e. The average molecular weight is 390 g/mol. The van der Waals surface area contributed by atoms with Gasteiger partial charge in [0, 0.05) is 17.0 Å². The van der Waals surface area contributed by atoms with Crippen molar-refractivity contribution in [3.8, 4) is 0 Å². The van der Waals surface area contributed by atoms with E-state index in [1.165, 1.54) is 0 Å². The maximum absolute atomic E-state index is 12.9. The fraction of sp³-hybridized carbons (Fsp3) is 0.304. The molecule has 1 atom stereocenters. The number of fused-ring (bicyclic) bond motifs is 2. The van der Waals surface area contributed by atoms with E-state index in [2.05, 4.69) is 5.32 Å². The van der Waals surface area contributed by atoms with Crippen molar-refractivity contribution in [2.45, 2.75) is 32.6 Å². The van der Waals surface area contributed by atoms with Gasteiger partial charge < -0.3 is 10.1 Å². The highest BCUT2D eigenvalue weighted by molar-refractivity contribution is 6.21. The molecule has 0 radical (unpaired) electrons. The minimum absolute atomic E-state index is 0.0677. The number of hydrogen-bond donors (Lipinski definition) is 1. The van der Waals surface area contributed by atoms with Gasteiger partial charge in [-0.05, 0) is 62.6 Å². The number of carbonyl (C=O) groups is 3. The summed E-state index contributed by atoms with van der Waals surface area (Å²) in [6.07, 6.45) is 3.70. The van der Waals surface area contributed by atoms with Crippen LogP contribution in [0.3, 0.4) is 0 Å². The zero-order valence-electron chi connectivity index (χ0n) is 16.2. The Morgan fingerprint density at radius 2 is 1.93 bits per heavy atom. The lowest BCUT2D eigenvalue weighted by molar-refractivity contribution is 0.0526. The number of Topliss-reactive ketones (excluding diaryl/α,β-unsaturated/α-hetero) is 1. The number of ether oxygens (including phenoxy) is 1. The molecule has 2 aliphatic rings. The number of aliphatic imine (C=N–C) groups is 1. The first-order chi connectivity index (χ1) is 14.1. The van der Waals surface area contributed by atoms with Crippen LogP contribution in [0.25, 0.3) is 0 Å². The Morgan fingerprint density at radius 3 is 2.69 bits per heavy atom. The molecular formula is C23H22N2O4. The zero-order valence-corrected chi connectivity index (χ0v) is 16.2. The van der Waals surface area contributed by atoms with Gasteiger partial charge in [-0.1, -0.05) is 12.5 Å². The molecule has 1 saturated carbocycles. The number of anilines is 1. The lowest BCUT2D eigenvalue weighted by Gasteiger charge is -2.28. The molecule has 1 N–H and O–H groups in total. The maximum Gasteiger partial charge on any atom is 0.338 e. The van der Waals surface area contributed by atoms with Crippen LogP contribution in [-0.2, 0) is 4.74 Å². The summed E-state index contributed by atoms with van der Waals surface area (Å²) in [5.41, 5.74) is 3.22. The van der Waals surface area contributed by atoms with Gasteiger partial charge in [0.2, 0.25) is 0 Å². The first kappa shape index (κ1) is 19.1. The number of esters is 1. The Hall–Kier alpha value is -3.28. The summed E-state index contributed by atoms with van der Waals surface area (Å²) in [6.45, 7) is 2.05. The molecule has 1 amide bonds. The Labute approximate surface area is 169 Å². The standard InChI is InChI=1S/C23H22N2O4/c1-2-29-23(28)14-10-12-15(13-11-14)24-22(27)18-8-5-7-17-20(18)25-19-9-4-3-6-16(19)21(17)26/h5,7-8,10-13,16H,2-4,6,9H2,1H3,(H,24,27). The van der Waals surface area contributed by atoms with Gasteiger partial charge in [0.1, 0.15) is 0 Å². The summed E-state index contributed by atoms with van der Waals surface area (Å²) in [6, 6.07) is 11.6. The van der Waals surface area contributed by atoms with Crippen LogP contribution < -0.4 is 5.32 Å². The molecule has 1 unspecified atom stereocenters. The zero-order chi connectivity index (χ0) is 20.4. The minimum atomic E-state index is -0.404. The Balaban J connectivity index is 1.58. The Kier molecular flexibility index (Phi) is 5.25. The van der Waals surface area contributed by atoms with Crippen LogP contribution in [-0.4, -0.2) is 30.0 Å². The molecule has 1 aliphatic heterocycles. The molecule has 1 heterocycles. The highest BCUT2D eigenvalue weighted by Gasteiger charge is 2.34. The van der Waals surface area contributed by atoms with E-state index in [0.29, 0.717) is 34.7 Å². The molecule has 2 aromatic carbocycles. The van der Waals surface area contributed by atoms with Crippen molar-refractivity contribution in [1.29, 1.82) is 0 Å². The summed E-state index contributed by atoms with van der Waals surface area (Å²) in [7, 11) is 0. The van der Waals surface area contributed by atoms with Gasteiger partial charge in [-0.25, -0.2) is 4.79 Å². The van der Waals surface area contributed by atoms with E-state index in [1.807, 2.05) is 0 Å². The number of hydrogen-bond acceptors (Lipinski definition) is 5. The molecule has 0 spiro atoms. The van der Waals surface area contributed by atoms with Crippen molar-refractivity contribution >= 4 is 34.7 Å². The van der Waals surface area contributed by atoms with Gasteiger partial charge in [-0.3, -0.25) is 14.6 Å². The molecule has 0 saturated heterocycles. The third kappa shape index (κ3) is 3.70. The summed E-state index contributed by atoms with van der Waals surface area (Å²) in [5.74, 6) is -0.806. The Bertz CT molecular complexity index is 1010. The molecule has 2 aromatic rings. The van der Waals surface area contributed by atoms with Crippen LogP contribution >= 0.6 is 0 Å². The van der Waals surface area contributed by atoms with E-state index in [4.69, 9.17) is 9.73 Å². The molecular weight excluding hydrogens is 368 g/mol. The van der Waals surface area contributed by atoms with Gasteiger partial charge in [0.25, 0.3) is 5.91 Å². The lowest BCUT2D eigenvalue weighted by atomic mass is 9.79. The number of nitrogens with zero attached hydrogens (tertiary/aromatic N) is 1. The van der Waals surface area contributed by atoms with Crippen molar-refractivity contribution < 1.29 is 19.1 Å². The number of carbonyl (C=O) groups excluding carboxylic acids is 3. The van der Waals surface area contributed by atoms with Crippen LogP contribution in [0.2, 0.25) is 0 Å². The van der Waals surface area contributed by atoms with Crippen molar-refractivity contribution in [2.24, 2.45) is 10.9 Å². The maximum atomic E-state index is 12.9. The average Bonchev–Trinajstić information content (AvgIpc) is 2.74. The van der Waals surface area contributed by atoms with Crippen molar-refractivity contribution in [1.82, 2.24) is 0 Å². The Morgan fingerprint density at radius 1 is 1.14 bits per heavy atom. The molecule has 4 rings (SSSR count). The van der Waals surface area contributed by atoms with Crippen LogP contribution in [0.15, 0.2) is 47.5 Å². The van der Waals surface area contributed by atoms with Crippen LogP contribution in [0.4, 0.5) is 11.4 Å². The first-order valence-corrected chi connectivity index (χ1v) is 9.91. The quantitative estimate of drug-likeness (QED) is 0.775. The number of benzene rings is 2. The monoisotopic (exact) mass is 390 g/mol. The summed E-state index contributed by atoms with van der Waals surface area (Å²) in [4.78, 5) is 42.2. The highest BCUT2D eigenvalue weighted by atomic mass is 16.5. The van der Waals surface area contributed by atoms with Crippen molar-refractivity contribution in [3.63, 3.8) is 0 Å². The van der Waals surface area contributed by atoms with E-state index in [9.17, 15) is 14.4 Å². The van der Waals surface area contributed by atoms with Crippen LogP contribution in [0.5, 0.6) is 0 Å². The number of amides is 1. The smallest absolute Gasteiger partial charge is 0.338 e. The van der Waals surface area contributed by atoms with Crippen molar-refractivity contribution in [3.05, 3.63) is 59.2 Å². The van der Waals surface area contributed by atoms with E-state index >= 15 is 0 Å². The van der Waals surface area contributed by atoms with E-state index in [1.54, 1.807) is 49.4 Å². The fourth-order valence-electron chi connectivity index (χ4n) is 3.89. The third-order valence-electron chi connectivity index (χ3n) is 5.35. The lowest BCUT2D eigenvalue weighted by Crippen LogP contribution is -2.31. The highest BCUT2D eigenvalue weighted by Crippen LogP contribution is 2.37. The van der Waals surface area contributed by atoms with Crippen LogP contribution in [0, 0.1) is 5.92 Å². The van der Waals surface area contributed by atoms with Crippen molar-refractivity contribution in [2.75, 3.05) is 11.9 Å². The molecule has 0 bridgehead atoms. The predicted molar refractivity (Wildman–Crippen MR) is 110 cm³/mol. The van der Waals surface area contributed by atoms with Gasteiger partial charge >= 0.3 is 5.97 Å². The fourth-order valence-corrected chi connectivity index (χ4v) is 3.89. The molecule has 6 nitrogen and oxygen atoms in total. The summed E-state index contributed by atoms with van der Waals surface area (Å²) >= 11 is 0.